The topological polar surface area (TPSA) is 172 Å². The molecule has 0 aliphatic carbocycles. The van der Waals surface area contributed by atoms with Crippen molar-refractivity contribution in [1.29, 1.82) is 0 Å². The third-order valence-electron chi connectivity index (χ3n) is 6.91. The average Bonchev–Trinajstić information content (AvgIpc) is 2.98. The largest absolute Gasteiger partial charge is 0.465 e. The number of benzene rings is 3. The number of anilines is 1. The van der Waals surface area contributed by atoms with E-state index >= 15 is 0 Å². The Morgan fingerprint density at radius 3 is 2.40 bits per heavy atom. The van der Waals surface area contributed by atoms with Gasteiger partial charge in [-0.2, -0.15) is 0 Å². The van der Waals surface area contributed by atoms with Gasteiger partial charge in [-0.05, 0) is 53.8 Å². The van der Waals surface area contributed by atoms with Crippen LogP contribution in [0.5, 0.6) is 0 Å². The summed E-state index contributed by atoms with van der Waals surface area (Å²) in [5.74, 6) is -2.64. The van der Waals surface area contributed by atoms with Crippen LogP contribution in [0.4, 0.5) is 11.4 Å². The van der Waals surface area contributed by atoms with Gasteiger partial charge in [-0.1, -0.05) is 59.6 Å². The summed E-state index contributed by atoms with van der Waals surface area (Å²) in [7, 11) is 1.04. The van der Waals surface area contributed by atoms with Crippen molar-refractivity contribution in [2.24, 2.45) is 16.5 Å². The Kier molecular flexibility index (Phi) is 10.1. The lowest BCUT2D eigenvalue weighted by Gasteiger charge is -2.31. The van der Waals surface area contributed by atoms with Crippen LogP contribution in [-0.2, 0) is 20.7 Å². The molecule has 0 radical (unpaired) electrons. The number of hydrogen-bond donors (Lipinski definition) is 5. The molecule has 11 nitrogen and oxygen atoms in total. The van der Waals surface area contributed by atoms with Crippen LogP contribution in [0.25, 0.3) is 11.1 Å². The first-order valence-corrected chi connectivity index (χ1v) is 14.2. The van der Waals surface area contributed by atoms with Gasteiger partial charge in [-0.25, -0.2) is 9.79 Å². The van der Waals surface area contributed by atoms with Crippen molar-refractivity contribution >= 4 is 58.3 Å². The van der Waals surface area contributed by atoms with E-state index in [0.29, 0.717) is 17.8 Å². The lowest BCUT2D eigenvalue weighted by Crippen LogP contribution is -2.61. The van der Waals surface area contributed by atoms with E-state index in [1.54, 1.807) is 12.1 Å². The maximum absolute atomic E-state index is 13.2. The molecule has 0 saturated carbocycles. The molecule has 1 atom stereocenters. The molecule has 0 saturated heterocycles. The highest BCUT2D eigenvalue weighted by Gasteiger charge is 2.40. The highest BCUT2D eigenvalue weighted by Crippen LogP contribution is 2.33. The number of aryl methyl sites for hydroxylation is 1. The van der Waals surface area contributed by atoms with Crippen LogP contribution in [0.15, 0.2) is 65.7 Å². The summed E-state index contributed by atoms with van der Waals surface area (Å²) in [5.41, 5.74) is 12.4. The van der Waals surface area contributed by atoms with E-state index in [-0.39, 0.29) is 28.0 Å². The third-order valence-corrected chi connectivity index (χ3v) is 7.51. The third kappa shape index (κ3) is 7.75. The van der Waals surface area contributed by atoms with Crippen LogP contribution < -0.4 is 27.0 Å². The maximum Gasteiger partial charge on any atom is 0.361 e. The number of carbonyl (C=O) groups excluding carboxylic acids is 3. The van der Waals surface area contributed by atoms with Crippen molar-refractivity contribution < 1.29 is 24.2 Å². The van der Waals surface area contributed by atoms with E-state index in [2.05, 4.69) is 15.6 Å². The van der Waals surface area contributed by atoms with E-state index < -0.39 is 30.1 Å². The fourth-order valence-electron chi connectivity index (χ4n) is 4.81. The Morgan fingerprint density at radius 1 is 1.05 bits per heavy atom. The Morgan fingerprint density at radius 2 is 1.74 bits per heavy atom. The van der Waals surface area contributed by atoms with Crippen molar-refractivity contribution in [2.75, 3.05) is 31.6 Å². The van der Waals surface area contributed by atoms with Gasteiger partial charge in [0.15, 0.2) is 5.96 Å². The minimum atomic E-state index is -2.60. The predicted molar refractivity (Wildman–Crippen MR) is 166 cm³/mol. The van der Waals surface area contributed by atoms with E-state index in [0.717, 1.165) is 43.3 Å². The second-order valence-corrected chi connectivity index (χ2v) is 10.8. The monoisotopic (exact) mass is 626 g/mol. The van der Waals surface area contributed by atoms with E-state index in [4.69, 9.17) is 39.4 Å². The molecule has 2 amide bonds. The fourth-order valence-corrected chi connectivity index (χ4v) is 5.47. The molecule has 0 bridgehead atoms. The van der Waals surface area contributed by atoms with Gasteiger partial charge in [0.1, 0.15) is 0 Å². The van der Waals surface area contributed by atoms with Crippen LogP contribution in [0.1, 0.15) is 28.8 Å². The quantitative estimate of drug-likeness (QED) is 0.0988. The first-order valence-electron chi connectivity index (χ1n) is 13.4. The standard InChI is InChI=1S/C30H32Cl2N6O5/c1-43-28(41)30(42,37-27(40)26-22(31)14-20(15-23(26)32)18-6-3-2-4-7-18)17-35-25(39)11-13-38-12-5-8-19-9-10-21(16-24(19)38)36-29(33)34/h2-4,6-7,9-10,14-16,42H,5,8,11-13,17H2,1H3,(H,35,39)(H,37,40)(H4,33,34,36). The first-order chi connectivity index (χ1) is 20.5. The van der Waals surface area contributed by atoms with Crippen molar-refractivity contribution in [1.82, 2.24) is 10.6 Å². The minimum Gasteiger partial charge on any atom is -0.465 e. The summed E-state index contributed by atoms with van der Waals surface area (Å²) in [6.07, 6.45) is 1.83. The van der Waals surface area contributed by atoms with Gasteiger partial charge < -0.3 is 36.8 Å². The number of amides is 2. The van der Waals surface area contributed by atoms with Crippen LogP contribution in [0, 0.1) is 0 Å². The summed E-state index contributed by atoms with van der Waals surface area (Å²) < 4.78 is 4.70. The van der Waals surface area contributed by atoms with Crippen molar-refractivity contribution in [2.45, 2.75) is 25.0 Å². The number of rotatable bonds is 10. The SMILES string of the molecule is COC(=O)C(O)(CNC(=O)CCN1CCCc2ccc(N=C(N)N)cc21)NC(=O)c1c(Cl)cc(-c2ccccc2)cc1Cl. The number of nitrogens with zero attached hydrogens (tertiary/aromatic N) is 2. The molecule has 0 spiro atoms. The summed E-state index contributed by atoms with van der Waals surface area (Å²) in [4.78, 5) is 44.6. The molecule has 1 aliphatic heterocycles. The van der Waals surface area contributed by atoms with Crippen LogP contribution >= 0.6 is 23.2 Å². The zero-order valence-electron chi connectivity index (χ0n) is 23.4. The van der Waals surface area contributed by atoms with Crippen LogP contribution in [-0.4, -0.2) is 61.3 Å². The van der Waals surface area contributed by atoms with Gasteiger partial charge in [-0.15, -0.1) is 0 Å². The molecular formula is C30H32Cl2N6O5. The fraction of sp³-hybridized carbons (Fsp3) is 0.267. The molecule has 3 aromatic rings. The molecule has 13 heteroatoms. The summed E-state index contributed by atoms with van der Waals surface area (Å²) in [6.45, 7) is 0.414. The second-order valence-electron chi connectivity index (χ2n) is 9.95. The molecule has 1 aliphatic rings. The van der Waals surface area contributed by atoms with Gasteiger partial charge in [-0.3, -0.25) is 9.59 Å². The van der Waals surface area contributed by atoms with E-state index in [9.17, 15) is 19.5 Å². The Labute approximate surface area is 258 Å². The van der Waals surface area contributed by atoms with Gasteiger partial charge in [0, 0.05) is 25.2 Å². The highest BCUT2D eigenvalue weighted by molar-refractivity contribution is 6.40. The molecule has 0 aromatic heterocycles. The minimum absolute atomic E-state index is 0.00455. The van der Waals surface area contributed by atoms with Crippen LogP contribution in [0.2, 0.25) is 10.0 Å². The average molecular weight is 628 g/mol. The number of esters is 1. The number of aliphatic imine (C=N–C) groups is 1. The number of methoxy groups -OCH3 is 1. The van der Waals surface area contributed by atoms with E-state index in [1.165, 1.54) is 0 Å². The summed E-state index contributed by atoms with van der Waals surface area (Å²) in [5, 5.41) is 15.8. The summed E-state index contributed by atoms with van der Waals surface area (Å²) >= 11 is 12.8. The van der Waals surface area contributed by atoms with Gasteiger partial charge >= 0.3 is 5.97 Å². The first kappa shape index (κ1) is 31.6. The Bertz CT molecular complexity index is 1520. The highest BCUT2D eigenvalue weighted by atomic mass is 35.5. The molecule has 1 heterocycles. The lowest BCUT2D eigenvalue weighted by atomic mass is 10.0. The number of ether oxygens (including phenoxy) is 1. The molecule has 4 rings (SSSR count). The zero-order chi connectivity index (χ0) is 31.1. The van der Waals surface area contributed by atoms with Gasteiger partial charge in [0.05, 0.1) is 35.0 Å². The Balaban J connectivity index is 1.42. The van der Waals surface area contributed by atoms with Gasteiger partial charge in [0.2, 0.25) is 5.91 Å². The summed E-state index contributed by atoms with van der Waals surface area (Å²) in [6, 6.07) is 18.0. The lowest BCUT2D eigenvalue weighted by molar-refractivity contribution is -0.164. The maximum atomic E-state index is 13.2. The molecule has 7 N–H and O–H groups in total. The van der Waals surface area contributed by atoms with Crippen molar-refractivity contribution in [3.8, 4) is 11.1 Å². The number of aliphatic hydroxyl groups is 1. The molecule has 1 unspecified atom stereocenters. The predicted octanol–water partition coefficient (Wildman–Crippen LogP) is 3.12. The molecule has 3 aromatic carbocycles. The Hall–Kier alpha value is -4.32. The number of nitrogens with two attached hydrogens (primary N) is 2. The van der Waals surface area contributed by atoms with Crippen molar-refractivity contribution in [3.05, 3.63) is 81.8 Å². The number of nitrogens with one attached hydrogen (secondary N) is 2. The van der Waals surface area contributed by atoms with Gasteiger partial charge in [0.25, 0.3) is 11.6 Å². The number of fused-ring (bicyclic) bond motifs is 1. The van der Waals surface area contributed by atoms with E-state index in [1.807, 2.05) is 53.4 Å². The molecule has 0 fully saturated rings. The molecular weight excluding hydrogens is 595 g/mol. The smallest absolute Gasteiger partial charge is 0.361 e. The number of carbonyl (C=O) groups is 3. The molecule has 43 heavy (non-hydrogen) atoms. The van der Waals surface area contributed by atoms with Crippen molar-refractivity contribution in [3.63, 3.8) is 0 Å². The number of hydrogen-bond acceptors (Lipinski definition) is 7. The normalized spacial score (nSPS) is 13.7. The number of halogens is 2. The number of guanidine groups is 1. The van der Waals surface area contributed by atoms with Crippen LogP contribution in [0.3, 0.4) is 0 Å². The zero-order valence-corrected chi connectivity index (χ0v) is 24.9. The second kappa shape index (κ2) is 13.8. The molecule has 226 valence electrons.